The van der Waals surface area contributed by atoms with Gasteiger partial charge in [-0.2, -0.15) is 29.9 Å². The third kappa shape index (κ3) is 8.42. The van der Waals surface area contributed by atoms with E-state index in [1.54, 1.807) is 12.4 Å². The molecule has 1 nitrogen and oxygen atoms in total. The normalized spacial score (nSPS) is 7.58. The fraction of sp³-hybridized carbons (Fsp3) is 0.0588. The van der Waals surface area contributed by atoms with Crippen LogP contribution in [-0.2, 0) is 20.0 Å². The SMILES string of the molecule is C[CH]=[Ti].[CH3-].[CH3-].c1cc[n-]c1.c1ccc2[cH-]ccc2c1. The molecule has 3 rings (SSSR count). The molecule has 1 heterocycles. The summed E-state index contributed by atoms with van der Waals surface area (Å²) >= 11 is 2.00. The number of benzene rings is 1. The van der Waals surface area contributed by atoms with Crippen LogP contribution in [0.5, 0.6) is 0 Å². The second kappa shape index (κ2) is 13.1. The van der Waals surface area contributed by atoms with Gasteiger partial charge in [-0.05, 0) is 0 Å². The van der Waals surface area contributed by atoms with E-state index < -0.39 is 0 Å². The van der Waals surface area contributed by atoms with Crippen molar-refractivity contribution in [1.82, 2.24) is 4.98 Å². The Morgan fingerprint density at radius 3 is 2.05 bits per heavy atom. The number of aromatic nitrogens is 1. The standard InChI is InChI=1S/C9H7.C4H4N.C2H4.2CH3.Ti/c1-2-5-9-7-3-6-8(9)4-1;1-2-4-5-3-1;1-2;;;/h1-7H;1-4H;1H,2H3;2*1H3;/q2*-1;;2*-1;. The van der Waals surface area contributed by atoms with Crippen molar-refractivity contribution in [3.8, 4) is 0 Å². The minimum absolute atomic E-state index is 0. The van der Waals surface area contributed by atoms with Crippen LogP contribution in [-0.4, -0.2) is 4.31 Å². The molecule has 2 aromatic carbocycles. The van der Waals surface area contributed by atoms with Crippen molar-refractivity contribution >= 4 is 15.1 Å². The predicted molar refractivity (Wildman–Crippen MR) is 83.9 cm³/mol. The van der Waals surface area contributed by atoms with Gasteiger partial charge in [0.2, 0.25) is 0 Å². The van der Waals surface area contributed by atoms with Crippen LogP contribution in [0.1, 0.15) is 6.92 Å². The molecule has 0 aliphatic rings. The third-order valence-corrected chi connectivity index (χ3v) is 2.00. The van der Waals surface area contributed by atoms with E-state index in [4.69, 9.17) is 0 Å². The molecule has 2 heteroatoms. The first-order valence-corrected chi connectivity index (χ1v) is 6.36. The molecule has 0 radical (unpaired) electrons. The summed E-state index contributed by atoms with van der Waals surface area (Å²) in [6.45, 7) is 2.00. The van der Waals surface area contributed by atoms with Gasteiger partial charge in [-0.25, -0.2) is 0 Å². The molecule has 0 aliphatic heterocycles. The zero-order valence-corrected chi connectivity index (χ0v) is 13.4. The maximum absolute atomic E-state index is 3.72. The Bertz CT molecular complexity index is 461. The molecule has 1 aromatic heterocycles. The zero-order chi connectivity index (χ0) is 12.3. The number of hydrogen-bond acceptors (Lipinski definition) is 0. The van der Waals surface area contributed by atoms with Crippen molar-refractivity contribution in [3.63, 3.8) is 0 Å². The van der Waals surface area contributed by atoms with Crippen LogP contribution in [0.25, 0.3) is 10.8 Å². The Hall–Kier alpha value is -1.31. The molecule has 0 spiro atoms. The molecular weight excluding hydrogens is 266 g/mol. The molecular formula is C17H21NTi-4. The minimum Gasteiger partial charge on any atom is -0.670 e. The number of rotatable bonds is 0. The molecule has 0 amide bonds. The van der Waals surface area contributed by atoms with Crippen LogP contribution >= 0.6 is 0 Å². The van der Waals surface area contributed by atoms with E-state index in [0.29, 0.717) is 0 Å². The monoisotopic (exact) mass is 287 g/mol. The van der Waals surface area contributed by atoms with E-state index in [1.807, 2.05) is 43.3 Å². The molecule has 0 fully saturated rings. The van der Waals surface area contributed by atoms with Crippen LogP contribution in [0, 0.1) is 14.9 Å². The summed E-state index contributed by atoms with van der Waals surface area (Å²) in [6.07, 6.45) is 3.50. The average molecular weight is 287 g/mol. The summed E-state index contributed by atoms with van der Waals surface area (Å²) < 4.78 is 2.00. The molecule has 0 N–H and O–H groups in total. The summed E-state index contributed by atoms with van der Waals surface area (Å²) in [4.78, 5) is 3.72. The number of hydrogen-bond donors (Lipinski definition) is 0. The first-order chi connectivity index (χ1) is 8.38. The van der Waals surface area contributed by atoms with E-state index in [9.17, 15) is 0 Å². The van der Waals surface area contributed by atoms with Crippen LogP contribution < -0.4 is 4.98 Å². The first-order valence-electron chi connectivity index (χ1n) is 5.45. The van der Waals surface area contributed by atoms with E-state index in [2.05, 4.69) is 47.4 Å². The molecule has 0 saturated carbocycles. The summed E-state index contributed by atoms with van der Waals surface area (Å²) in [5.41, 5.74) is 0. The van der Waals surface area contributed by atoms with Gasteiger partial charge in [0.15, 0.2) is 0 Å². The fourth-order valence-electron chi connectivity index (χ4n) is 1.32. The third-order valence-electron chi connectivity index (χ3n) is 2.00. The van der Waals surface area contributed by atoms with Crippen molar-refractivity contribution in [1.29, 1.82) is 0 Å². The Morgan fingerprint density at radius 2 is 1.58 bits per heavy atom. The maximum Gasteiger partial charge on any atom is -0.0809 e. The van der Waals surface area contributed by atoms with Crippen LogP contribution in [0.2, 0.25) is 0 Å². The average Bonchev–Trinajstić information content (AvgIpc) is 3.05. The summed E-state index contributed by atoms with van der Waals surface area (Å²) in [5.74, 6) is 0. The minimum atomic E-state index is 0. The Morgan fingerprint density at radius 1 is 1.00 bits per heavy atom. The van der Waals surface area contributed by atoms with Crippen LogP contribution in [0.3, 0.4) is 0 Å². The van der Waals surface area contributed by atoms with Crippen molar-refractivity contribution < 1.29 is 20.0 Å². The predicted octanol–water partition coefficient (Wildman–Crippen LogP) is 4.46. The molecule has 0 aliphatic carbocycles. The van der Waals surface area contributed by atoms with Gasteiger partial charge in [-0.15, -0.1) is 29.7 Å². The van der Waals surface area contributed by atoms with Gasteiger partial charge in [0.05, 0.1) is 0 Å². The van der Waals surface area contributed by atoms with Crippen molar-refractivity contribution in [2.75, 3.05) is 0 Å². The van der Waals surface area contributed by atoms with E-state index >= 15 is 0 Å². The maximum atomic E-state index is 3.72. The van der Waals surface area contributed by atoms with Crippen LogP contribution in [0.15, 0.2) is 67.0 Å². The van der Waals surface area contributed by atoms with Gasteiger partial charge in [0.25, 0.3) is 0 Å². The van der Waals surface area contributed by atoms with Gasteiger partial charge in [-0.1, -0.05) is 18.2 Å². The van der Waals surface area contributed by atoms with Gasteiger partial charge in [0.1, 0.15) is 0 Å². The number of fused-ring (bicyclic) bond motifs is 1. The van der Waals surface area contributed by atoms with Gasteiger partial charge in [-0.3, -0.25) is 0 Å². The van der Waals surface area contributed by atoms with Gasteiger partial charge >= 0.3 is 31.2 Å². The largest absolute Gasteiger partial charge is 0.670 e. The van der Waals surface area contributed by atoms with E-state index in [0.717, 1.165) is 0 Å². The summed E-state index contributed by atoms with van der Waals surface area (Å²) in [5, 5.41) is 2.66. The smallest absolute Gasteiger partial charge is 0.0809 e. The van der Waals surface area contributed by atoms with E-state index in [1.165, 1.54) is 10.8 Å². The molecule has 0 saturated heterocycles. The topological polar surface area (TPSA) is 14.1 Å². The Balaban J connectivity index is 0. The second-order valence-corrected chi connectivity index (χ2v) is 4.18. The number of nitrogens with zero attached hydrogens (tertiary/aromatic N) is 1. The van der Waals surface area contributed by atoms with Gasteiger partial charge < -0.3 is 19.8 Å². The molecule has 3 aromatic rings. The van der Waals surface area contributed by atoms with Crippen LogP contribution in [0.4, 0.5) is 0 Å². The van der Waals surface area contributed by atoms with E-state index in [-0.39, 0.29) is 14.9 Å². The second-order valence-electron chi connectivity index (χ2n) is 3.28. The molecule has 0 bridgehead atoms. The zero-order valence-electron chi connectivity index (χ0n) is 11.9. The van der Waals surface area contributed by atoms with Crippen molar-refractivity contribution in [3.05, 3.63) is 81.8 Å². The first kappa shape index (κ1) is 20.0. The van der Waals surface area contributed by atoms with Crippen molar-refractivity contribution in [2.24, 2.45) is 0 Å². The van der Waals surface area contributed by atoms with Crippen molar-refractivity contribution in [2.45, 2.75) is 6.92 Å². The Labute approximate surface area is 129 Å². The summed E-state index contributed by atoms with van der Waals surface area (Å²) in [6, 6.07) is 18.4. The quantitative estimate of drug-likeness (QED) is 0.440. The van der Waals surface area contributed by atoms with Gasteiger partial charge in [0, 0.05) is 0 Å². The Kier molecular flexibility index (Phi) is 13.8. The fourth-order valence-corrected chi connectivity index (χ4v) is 1.32. The molecule has 19 heavy (non-hydrogen) atoms. The molecule has 0 unspecified atom stereocenters. The summed E-state index contributed by atoms with van der Waals surface area (Å²) in [7, 11) is 0. The molecule has 102 valence electrons. The molecule has 0 atom stereocenters.